The van der Waals surface area contributed by atoms with Crippen LogP contribution in [0.3, 0.4) is 0 Å². The number of benzene rings is 1. The van der Waals surface area contributed by atoms with Gasteiger partial charge < -0.3 is 9.42 Å². The zero-order chi connectivity index (χ0) is 10.6. The van der Waals surface area contributed by atoms with Gasteiger partial charge in [-0.15, -0.1) is 0 Å². The number of rotatable bonds is 4. The molecule has 1 atom stereocenters. The van der Waals surface area contributed by atoms with Gasteiger partial charge in [0, 0.05) is 5.02 Å². The average molecular weight is 233 g/mol. The molecule has 14 heavy (non-hydrogen) atoms. The molecule has 0 aliphatic heterocycles. The second kappa shape index (κ2) is 5.55. The van der Waals surface area contributed by atoms with Crippen LogP contribution in [0, 0.1) is 0 Å². The summed E-state index contributed by atoms with van der Waals surface area (Å²) in [7, 11) is -0.514. The molecule has 0 spiro atoms. The van der Waals surface area contributed by atoms with Gasteiger partial charge in [0.1, 0.15) is 5.75 Å². The first-order valence-corrected chi connectivity index (χ1v) is 5.84. The largest absolute Gasteiger partial charge is 0.450 e. The standard InChI is InChI=1S/C10H14ClO2P/c1-3-7-8(4-2)10(13-14-12)6-5-9(7)11/h5-6,12,14H,3-4H2,1-2H3. The molecule has 1 unspecified atom stereocenters. The first-order chi connectivity index (χ1) is 6.74. The molecule has 4 heteroatoms. The van der Waals surface area contributed by atoms with E-state index in [-0.39, 0.29) is 0 Å². The van der Waals surface area contributed by atoms with Crippen LogP contribution in [0.4, 0.5) is 0 Å². The smallest absolute Gasteiger partial charge is 0.212 e. The lowest BCUT2D eigenvalue weighted by molar-refractivity contribution is 0.510. The van der Waals surface area contributed by atoms with Crippen LogP contribution in [0.5, 0.6) is 5.75 Å². The summed E-state index contributed by atoms with van der Waals surface area (Å²) in [6.07, 6.45) is 1.75. The van der Waals surface area contributed by atoms with E-state index in [4.69, 9.17) is 21.0 Å². The highest BCUT2D eigenvalue weighted by Crippen LogP contribution is 2.32. The maximum absolute atomic E-state index is 8.75. The van der Waals surface area contributed by atoms with Crippen molar-refractivity contribution in [3.8, 4) is 5.75 Å². The van der Waals surface area contributed by atoms with Gasteiger partial charge in [0.05, 0.1) is 0 Å². The highest BCUT2D eigenvalue weighted by Gasteiger charge is 2.10. The Morgan fingerprint density at radius 3 is 2.43 bits per heavy atom. The van der Waals surface area contributed by atoms with E-state index in [1.165, 1.54) is 0 Å². The SMILES string of the molecule is CCc1c(Cl)ccc(OPO)c1CC. The third kappa shape index (κ3) is 2.38. The minimum Gasteiger partial charge on any atom is -0.450 e. The lowest BCUT2D eigenvalue weighted by Crippen LogP contribution is -1.95. The van der Waals surface area contributed by atoms with Crippen molar-refractivity contribution in [2.45, 2.75) is 26.7 Å². The summed E-state index contributed by atoms with van der Waals surface area (Å²) in [6, 6.07) is 3.62. The summed E-state index contributed by atoms with van der Waals surface area (Å²) in [4.78, 5) is 8.75. The van der Waals surface area contributed by atoms with E-state index in [2.05, 4.69) is 13.8 Å². The predicted molar refractivity (Wildman–Crippen MR) is 61.4 cm³/mol. The summed E-state index contributed by atoms with van der Waals surface area (Å²) >= 11 is 6.06. The highest BCUT2D eigenvalue weighted by atomic mass is 35.5. The lowest BCUT2D eigenvalue weighted by atomic mass is 10.0. The third-order valence-electron chi connectivity index (χ3n) is 2.19. The minimum atomic E-state index is -0.514. The monoisotopic (exact) mass is 232 g/mol. The van der Waals surface area contributed by atoms with Crippen LogP contribution in [-0.4, -0.2) is 4.89 Å². The van der Waals surface area contributed by atoms with Crippen LogP contribution in [0.15, 0.2) is 12.1 Å². The predicted octanol–water partition coefficient (Wildman–Crippen LogP) is 3.34. The van der Waals surface area contributed by atoms with Crippen molar-refractivity contribution in [2.75, 3.05) is 0 Å². The summed E-state index contributed by atoms with van der Waals surface area (Å²) in [5.41, 5.74) is 2.21. The molecule has 0 aliphatic carbocycles. The van der Waals surface area contributed by atoms with Crippen LogP contribution in [0.2, 0.25) is 5.02 Å². The van der Waals surface area contributed by atoms with Gasteiger partial charge in [0.2, 0.25) is 9.03 Å². The quantitative estimate of drug-likeness (QED) is 0.807. The van der Waals surface area contributed by atoms with Gasteiger partial charge in [-0.25, -0.2) is 0 Å². The molecule has 0 aromatic heterocycles. The Balaban J connectivity index is 3.18. The average Bonchev–Trinajstić information content (AvgIpc) is 2.20. The topological polar surface area (TPSA) is 29.5 Å². The maximum Gasteiger partial charge on any atom is 0.212 e. The molecule has 0 radical (unpaired) electrons. The Morgan fingerprint density at radius 2 is 1.93 bits per heavy atom. The molecule has 1 aromatic rings. The van der Waals surface area contributed by atoms with E-state index >= 15 is 0 Å². The van der Waals surface area contributed by atoms with Crippen molar-refractivity contribution in [1.29, 1.82) is 0 Å². The van der Waals surface area contributed by atoms with Gasteiger partial charge in [0.15, 0.2) is 0 Å². The molecule has 1 rings (SSSR count). The lowest BCUT2D eigenvalue weighted by Gasteiger charge is -2.13. The van der Waals surface area contributed by atoms with E-state index in [0.717, 1.165) is 34.7 Å². The second-order valence-corrected chi connectivity index (χ2v) is 3.70. The number of hydrogen-bond acceptors (Lipinski definition) is 2. The Kier molecular flexibility index (Phi) is 4.67. The first kappa shape index (κ1) is 11.8. The molecule has 78 valence electrons. The fraction of sp³-hybridized carbons (Fsp3) is 0.400. The highest BCUT2D eigenvalue weighted by molar-refractivity contribution is 7.25. The molecule has 0 fully saturated rings. The van der Waals surface area contributed by atoms with E-state index in [1.807, 2.05) is 12.1 Å². The van der Waals surface area contributed by atoms with Crippen LogP contribution in [-0.2, 0) is 12.8 Å². The van der Waals surface area contributed by atoms with Gasteiger partial charge in [-0.1, -0.05) is 25.4 Å². The fourth-order valence-corrected chi connectivity index (χ4v) is 2.16. The zero-order valence-corrected chi connectivity index (χ0v) is 10.1. The van der Waals surface area contributed by atoms with Crippen LogP contribution in [0.1, 0.15) is 25.0 Å². The molecule has 0 saturated heterocycles. The molecule has 1 aromatic carbocycles. The number of hydrogen-bond donors (Lipinski definition) is 1. The van der Waals surface area contributed by atoms with E-state index in [9.17, 15) is 0 Å². The maximum atomic E-state index is 8.75. The van der Waals surface area contributed by atoms with Gasteiger partial charge in [0.25, 0.3) is 0 Å². The van der Waals surface area contributed by atoms with E-state index in [1.54, 1.807) is 0 Å². The van der Waals surface area contributed by atoms with Gasteiger partial charge >= 0.3 is 0 Å². The molecule has 2 nitrogen and oxygen atoms in total. The van der Waals surface area contributed by atoms with Gasteiger partial charge in [-0.3, -0.25) is 0 Å². The summed E-state index contributed by atoms with van der Waals surface area (Å²) in [6.45, 7) is 4.11. The normalized spacial score (nSPS) is 11.1. The molecular formula is C10H14ClO2P. The van der Waals surface area contributed by atoms with E-state index in [0.29, 0.717) is 0 Å². The van der Waals surface area contributed by atoms with Crippen molar-refractivity contribution < 1.29 is 9.42 Å². The van der Waals surface area contributed by atoms with Crippen LogP contribution >= 0.6 is 20.6 Å². The van der Waals surface area contributed by atoms with E-state index < -0.39 is 9.03 Å². The first-order valence-electron chi connectivity index (χ1n) is 4.60. The van der Waals surface area contributed by atoms with Crippen molar-refractivity contribution in [1.82, 2.24) is 0 Å². The van der Waals surface area contributed by atoms with Crippen molar-refractivity contribution >= 4 is 20.6 Å². The van der Waals surface area contributed by atoms with Crippen molar-refractivity contribution in [3.05, 3.63) is 28.3 Å². The zero-order valence-electron chi connectivity index (χ0n) is 8.30. The van der Waals surface area contributed by atoms with Gasteiger partial charge in [-0.05, 0) is 36.1 Å². The molecule has 0 amide bonds. The molecule has 1 N–H and O–H groups in total. The number of halogens is 1. The molecule has 0 bridgehead atoms. The fourth-order valence-electron chi connectivity index (χ4n) is 1.56. The minimum absolute atomic E-state index is 0.514. The second-order valence-electron chi connectivity index (χ2n) is 2.90. The van der Waals surface area contributed by atoms with Crippen molar-refractivity contribution in [2.24, 2.45) is 0 Å². The Labute approximate surface area is 91.2 Å². The Bertz CT molecular complexity index is 315. The van der Waals surface area contributed by atoms with Crippen molar-refractivity contribution in [3.63, 3.8) is 0 Å². The van der Waals surface area contributed by atoms with Gasteiger partial charge in [-0.2, -0.15) is 0 Å². The molecule has 0 saturated carbocycles. The molecule has 0 heterocycles. The molecule has 0 aliphatic rings. The van der Waals surface area contributed by atoms with Crippen LogP contribution < -0.4 is 4.52 Å². The van der Waals surface area contributed by atoms with Crippen LogP contribution in [0.25, 0.3) is 0 Å². The Morgan fingerprint density at radius 1 is 1.29 bits per heavy atom. The summed E-state index contributed by atoms with van der Waals surface area (Å²) in [5, 5.41) is 0.776. The molecular weight excluding hydrogens is 219 g/mol. The Hall–Kier alpha value is -0.300. The summed E-state index contributed by atoms with van der Waals surface area (Å²) in [5.74, 6) is 0.745. The third-order valence-corrected chi connectivity index (χ3v) is 2.86. The summed E-state index contributed by atoms with van der Waals surface area (Å²) < 4.78 is 5.15.